The summed E-state index contributed by atoms with van der Waals surface area (Å²) in [5.41, 5.74) is 1.55. The molecule has 104 valence electrons. The summed E-state index contributed by atoms with van der Waals surface area (Å²) in [4.78, 5) is 14.4. The number of pyridine rings is 1. The van der Waals surface area contributed by atoms with Crippen LogP contribution in [0.25, 0.3) is 23.1 Å². The first-order chi connectivity index (χ1) is 10.1. The van der Waals surface area contributed by atoms with Crippen molar-refractivity contribution in [2.45, 2.75) is 0 Å². The van der Waals surface area contributed by atoms with Crippen molar-refractivity contribution in [2.24, 2.45) is 0 Å². The third-order valence-electron chi connectivity index (χ3n) is 2.88. The molecule has 2 heterocycles. The molecule has 0 radical (unpaired) electrons. The molecule has 0 aliphatic heterocycles. The Kier molecular flexibility index (Phi) is 3.41. The molecule has 2 aromatic heterocycles. The van der Waals surface area contributed by atoms with Gasteiger partial charge in [0.15, 0.2) is 0 Å². The second-order valence-electron chi connectivity index (χ2n) is 4.34. The molecule has 0 amide bonds. The van der Waals surface area contributed by atoms with Gasteiger partial charge in [-0.2, -0.15) is 0 Å². The van der Waals surface area contributed by atoms with Crippen LogP contribution in [0.3, 0.4) is 0 Å². The molecular weight excluding hydrogens is 292 g/mol. The maximum absolute atomic E-state index is 10.5. The molecule has 0 fully saturated rings. The first-order valence-corrected chi connectivity index (χ1v) is 6.48. The topological polar surface area (TPSA) is 69.2 Å². The highest BCUT2D eigenvalue weighted by molar-refractivity contribution is 6.31. The van der Waals surface area contributed by atoms with Gasteiger partial charge in [-0.3, -0.25) is 10.1 Å². The molecule has 0 spiro atoms. The van der Waals surface area contributed by atoms with Crippen LogP contribution in [0.2, 0.25) is 5.02 Å². The SMILES string of the molecule is O=[N+]([O-])c1ccc(/C=C/c2ccc3cc(Cl)ccc3n2)o1. The van der Waals surface area contributed by atoms with Crippen LogP contribution in [-0.4, -0.2) is 9.91 Å². The molecule has 0 saturated heterocycles. The standard InChI is InChI=1S/C15H9ClN2O3/c16-11-2-7-14-10(9-11)1-3-12(17-14)4-5-13-6-8-15(21-13)18(19)20/h1-9H/b5-4+. The number of aromatic nitrogens is 1. The number of hydrogen-bond donors (Lipinski definition) is 0. The van der Waals surface area contributed by atoms with Crippen LogP contribution in [0.5, 0.6) is 0 Å². The highest BCUT2D eigenvalue weighted by atomic mass is 35.5. The molecule has 0 bridgehead atoms. The third kappa shape index (κ3) is 2.93. The molecule has 0 aliphatic carbocycles. The van der Waals surface area contributed by atoms with Crippen LogP contribution in [0, 0.1) is 10.1 Å². The number of furan rings is 1. The molecule has 1 aromatic carbocycles. The normalized spacial score (nSPS) is 11.3. The van der Waals surface area contributed by atoms with Crippen molar-refractivity contribution >= 4 is 40.5 Å². The van der Waals surface area contributed by atoms with Gasteiger partial charge in [0.05, 0.1) is 17.3 Å². The van der Waals surface area contributed by atoms with Gasteiger partial charge in [0, 0.05) is 10.4 Å². The summed E-state index contributed by atoms with van der Waals surface area (Å²) in [5.74, 6) is 0.121. The van der Waals surface area contributed by atoms with Crippen LogP contribution in [0.1, 0.15) is 11.5 Å². The van der Waals surface area contributed by atoms with Gasteiger partial charge in [0.25, 0.3) is 0 Å². The van der Waals surface area contributed by atoms with Crippen molar-refractivity contribution in [2.75, 3.05) is 0 Å². The van der Waals surface area contributed by atoms with Gasteiger partial charge >= 0.3 is 5.88 Å². The van der Waals surface area contributed by atoms with E-state index in [9.17, 15) is 10.1 Å². The first kappa shape index (κ1) is 13.3. The molecule has 3 aromatic rings. The van der Waals surface area contributed by atoms with E-state index in [-0.39, 0.29) is 5.88 Å². The van der Waals surface area contributed by atoms with Gasteiger partial charge in [0.2, 0.25) is 0 Å². The lowest BCUT2D eigenvalue weighted by Crippen LogP contribution is -1.83. The number of hydrogen-bond acceptors (Lipinski definition) is 4. The number of benzene rings is 1. The fourth-order valence-corrected chi connectivity index (χ4v) is 2.08. The Morgan fingerprint density at radius 2 is 2.00 bits per heavy atom. The Morgan fingerprint density at radius 1 is 1.14 bits per heavy atom. The molecule has 6 heteroatoms. The lowest BCUT2D eigenvalue weighted by molar-refractivity contribution is -0.402. The van der Waals surface area contributed by atoms with Crippen molar-refractivity contribution in [3.8, 4) is 0 Å². The van der Waals surface area contributed by atoms with E-state index in [0.29, 0.717) is 10.8 Å². The minimum atomic E-state index is -0.574. The van der Waals surface area contributed by atoms with E-state index in [4.69, 9.17) is 16.0 Å². The van der Waals surface area contributed by atoms with E-state index >= 15 is 0 Å². The molecular formula is C15H9ClN2O3. The predicted molar refractivity (Wildman–Crippen MR) is 81.0 cm³/mol. The van der Waals surface area contributed by atoms with Crippen LogP contribution < -0.4 is 0 Å². The van der Waals surface area contributed by atoms with Gasteiger partial charge in [-0.1, -0.05) is 17.7 Å². The fourth-order valence-electron chi connectivity index (χ4n) is 1.90. The minimum absolute atomic E-state index is 0.282. The molecule has 0 atom stereocenters. The summed E-state index contributed by atoms with van der Waals surface area (Å²) in [7, 11) is 0. The van der Waals surface area contributed by atoms with Gasteiger partial charge in [-0.15, -0.1) is 0 Å². The lowest BCUT2D eigenvalue weighted by Gasteiger charge is -1.99. The Labute approximate surface area is 124 Å². The average molecular weight is 301 g/mol. The van der Waals surface area contributed by atoms with Crippen molar-refractivity contribution in [3.63, 3.8) is 0 Å². The summed E-state index contributed by atoms with van der Waals surface area (Å²) >= 11 is 5.92. The highest BCUT2D eigenvalue weighted by Gasteiger charge is 2.09. The molecule has 5 nitrogen and oxygen atoms in total. The monoisotopic (exact) mass is 300 g/mol. The summed E-state index contributed by atoms with van der Waals surface area (Å²) in [6.45, 7) is 0. The van der Waals surface area contributed by atoms with Crippen molar-refractivity contribution in [1.29, 1.82) is 0 Å². The minimum Gasteiger partial charge on any atom is -0.401 e. The zero-order valence-electron chi connectivity index (χ0n) is 10.7. The predicted octanol–water partition coefficient (Wildman–Crippen LogP) is 4.56. The lowest BCUT2D eigenvalue weighted by atomic mass is 10.2. The summed E-state index contributed by atoms with van der Waals surface area (Å²) < 4.78 is 5.04. The summed E-state index contributed by atoms with van der Waals surface area (Å²) in [6.07, 6.45) is 3.37. The highest BCUT2D eigenvalue weighted by Crippen LogP contribution is 2.20. The van der Waals surface area contributed by atoms with Crippen LogP contribution in [-0.2, 0) is 0 Å². The molecule has 0 aliphatic rings. The number of fused-ring (bicyclic) bond motifs is 1. The maximum atomic E-state index is 10.5. The number of rotatable bonds is 3. The zero-order valence-corrected chi connectivity index (χ0v) is 11.4. The third-order valence-corrected chi connectivity index (χ3v) is 3.12. The molecule has 0 N–H and O–H groups in total. The van der Waals surface area contributed by atoms with Crippen molar-refractivity contribution in [3.05, 3.63) is 69.1 Å². The van der Waals surface area contributed by atoms with E-state index in [1.165, 1.54) is 12.1 Å². The van der Waals surface area contributed by atoms with Gasteiger partial charge in [-0.25, -0.2) is 4.98 Å². The first-order valence-electron chi connectivity index (χ1n) is 6.10. The number of halogens is 1. The van der Waals surface area contributed by atoms with E-state index in [1.807, 2.05) is 24.3 Å². The van der Waals surface area contributed by atoms with Crippen LogP contribution >= 0.6 is 11.6 Å². The van der Waals surface area contributed by atoms with Crippen LogP contribution in [0.4, 0.5) is 5.88 Å². The summed E-state index contributed by atoms with van der Waals surface area (Å²) in [6, 6.07) is 12.1. The van der Waals surface area contributed by atoms with Gasteiger partial charge in [-0.05, 0) is 42.5 Å². The molecule has 0 saturated carbocycles. The zero-order chi connectivity index (χ0) is 14.8. The molecule has 3 rings (SSSR count). The van der Waals surface area contributed by atoms with E-state index in [2.05, 4.69) is 4.98 Å². The quantitative estimate of drug-likeness (QED) is 0.525. The van der Waals surface area contributed by atoms with Crippen LogP contribution in [0.15, 0.2) is 46.9 Å². The van der Waals surface area contributed by atoms with E-state index < -0.39 is 4.92 Å². The van der Waals surface area contributed by atoms with Crippen molar-refractivity contribution in [1.82, 2.24) is 4.98 Å². The fraction of sp³-hybridized carbons (Fsp3) is 0. The van der Waals surface area contributed by atoms with Gasteiger partial charge in [0.1, 0.15) is 10.7 Å². The second-order valence-corrected chi connectivity index (χ2v) is 4.78. The molecule has 0 unspecified atom stereocenters. The van der Waals surface area contributed by atoms with E-state index in [1.54, 1.807) is 18.2 Å². The largest absolute Gasteiger partial charge is 0.433 e. The Balaban J connectivity index is 1.88. The average Bonchev–Trinajstić information content (AvgIpc) is 2.94. The Bertz CT molecular complexity index is 855. The Morgan fingerprint density at radius 3 is 2.76 bits per heavy atom. The second kappa shape index (κ2) is 5.38. The number of nitro groups is 1. The summed E-state index contributed by atoms with van der Waals surface area (Å²) in [5, 5.41) is 12.1. The van der Waals surface area contributed by atoms with Crippen molar-refractivity contribution < 1.29 is 9.34 Å². The number of nitrogens with zero attached hydrogens (tertiary/aromatic N) is 2. The maximum Gasteiger partial charge on any atom is 0.433 e. The Hall–Kier alpha value is -2.66. The van der Waals surface area contributed by atoms with Gasteiger partial charge < -0.3 is 4.42 Å². The smallest absolute Gasteiger partial charge is 0.401 e. The van der Waals surface area contributed by atoms with E-state index in [0.717, 1.165) is 16.6 Å². The molecule has 21 heavy (non-hydrogen) atoms.